The number of piperazine rings is 1. The van der Waals surface area contributed by atoms with Crippen molar-refractivity contribution in [2.75, 3.05) is 49.6 Å². The van der Waals surface area contributed by atoms with Gasteiger partial charge < -0.3 is 29.3 Å². The molecular formula is C33H37FN6O5. The lowest BCUT2D eigenvalue weighted by Crippen LogP contribution is -2.50. The van der Waals surface area contributed by atoms with E-state index in [-0.39, 0.29) is 29.6 Å². The average Bonchev–Trinajstić information content (AvgIpc) is 3.31. The Hall–Kier alpha value is -4.29. The molecule has 4 heterocycles. The van der Waals surface area contributed by atoms with E-state index in [0.29, 0.717) is 69.4 Å². The van der Waals surface area contributed by atoms with E-state index in [2.05, 4.69) is 25.5 Å². The molecule has 3 aromatic rings. The SMILES string of the molecule is CC(C)(C)OC(=O)N1CCN(c2ccc(OC3CCOC3)c(Nc3ncc(F)c(-c4ccc5c(c4)CNC54CC4=O)n3)c2)CC1. The summed E-state index contributed by atoms with van der Waals surface area (Å²) in [5.41, 5.74) is 3.19. The minimum absolute atomic E-state index is 0.0832. The first-order chi connectivity index (χ1) is 21.6. The number of carbonyl (C=O) groups is 2. The van der Waals surface area contributed by atoms with Crippen molar-refractivity contribution in [2.24, 2.45) is 0 Å². The third kappa shape index (κ3) is 5.91. The number of anilines is 3. The second-order valence-electron chi connectivity index (χ2n) is 13.0. The zero-order valence-corrected chi connectivity index (χ0v) is 25.7. The van der Waals surface area contributed by atoms with E-state index < -0.39 is 17.0 Å². The predicted molar refractivity (Wildman–Crippen MR) is 165 cm³/mol. The molecule has 1 spiro atoms. The van der Waals surface area contributed by atoms with Crippen LogP contribution in [0.15, 0.2) is 42.6 Å². The predicted octanol–water partition coefficient (Wildman–Crippen LogP) is 4.52. The van der Waals surface area contributed by atoms with E-state index in [1.165, 1.54) is 0 Å². The third-order valence-corrected chi connectivity index (χ3v) is 8.63. The van der Waals surface area contributed by atoms with Crippen LogP contribution in [0.3, 0.4) is 0 Å². The molecule has 1 aromatic heterocycles. The van der Waals surface area contributed by atoms with E-state index in [9.17, 15) is 9.59 Å². The molecule has 12 heteroatoms. The minimum Gasteiger partial charge on any atom is -0.486 e. The highest BCUT2D eigenvalue weighted by Gasteiger charge is 2.58. The number of ketones is 1. The first kappa shape index (κ1) is 29.4. The van der Waals surface area contributed by atoms with Crippen molar-refractivity contribution in [3.05, 3.63) is 59.5 Å². The molecule has 3 aliphatic heterocycles. The van der Waals surface area contributed by atoms with Gasteiger partial charge in [0.05, 0.1) is 25.1 Å². The van der Waals surface area contributed by atoms with Crippen molar-refractivity contribution in [2.45, 2.75) is 57.4 Å². The van der Waals surface area contributed by atoms with Gasteiger partial charge in [0, 0.05) is 56.8 Å². The topological polar surface area (TPSA) is 118 Å². The largest absolute Gasteiger partial charge is 0.486 e. The molecule has 1 amide bonds. The van der Waals surface area contributed by atoms with Crippen LogP contribution in [0.25, 0.3) is 11.3 Å². The number of hydrogen-bond donors (Lipinski definition) is 2. The Kier molecular flexibility index (Phi) is 7.36. The van der Waals surface area contributed by atoms with Gasteiger partial charge in [-0.15, -0.1) is 0 Å². The molecule has 0 bridgehead atoms. The number of nitrogens with zero attached hydrogens (tertiary/aromatic N) is 4. The van der Waals surface area contributed by atoms with Gasteiger partial charge in [0.2, 0.25) is 5.95 Å². The Labute approximate surface area is 261 Å². The highest BCUT2D eigenvalue weighted by Crippen LogP contribution is 2.47. The van der Waals surface area contributed by atoms with Gasteiger partial charge in [0.1, 0.15) is 28.7 Å². The van der Waals surface area contributed by atoms with Gasteiger partial charge in [0.15, 0.2) is 11.6 Å². The zero-order valence-electron chi connectivity index (χ0n) is 25.7. The molecule has 11 nitrogen and oxygen atoms in total. The van der Waals surface area contributed by atoms with Crippen molar-refractivity contribution in [3.63, 3.8) is 0 Å². The molecular weight excluding hydrogens is 579 g/mol. The van der Waals surface area contributed by atoms with Gasteiger partial charge in [0.25, 0.3) is 0 Å². The van der Waals surface area contributed by atoms with Crippen LogP contribution in [0.2, 0.25) is 0 Å². The van der Waals surface area contributed by atoms with Gasteiger partial charge in [-0.25, -0.2) is 19.2 Å². The number of hydrogen-bond acceptors (Lipinski definition) is 10. The summed E-state index contributed by atoms with van der Waals surface area (Å²) in [4.78, 5) is 37.4. The third-order valence-electron chi connectivity index (χ3n) is 8.63. The number of aromatic nitrogens is 2. The van der Waals surface area contributed by atoms with Crippen molar-refractivity contribution in [3.8, 4) is 17.0 Å². The van der Waals surface area contributed by atoms with Crippen molar-refractivity contribution >= 4 is 29.2 Å². The number of benzene rings is 2. The molecule has 236 valence electrons. The fraction of sp³-hybridized carbons (Fsp3) is 0.455. The normalized spacial score (nSPS) is 22.5. The number of Topliss-reactive ketones (excluding diaryl/α,β-unsaturated/α-hetero) is 1. The summed E-state index contributed by atoms with van der Waals surface area (Å²) in [7, 11) is 0. The maximum Gasteiger partial charge on any atom is 0.410 e. The molecule has 2 N–H and O–H groups in total. The Morgan fingerprint density at radius 2 is 1.96 bits per heavy atom. The number of fused-ring (bicyclic) bond motifs is 2. The van der Waals surface area contributed by atoms with Gasteiger partial charge in [-0.2, -0.15) is 0 Å². The Morgan fingerprint density at radius 1 is 1.16 bits per heavy atom. The van der Waals surface area contributed by atoms with Crippen molar-refractivity contribution in [1.29, 1.82) is 0 Å². The summed E-state index contributed by atoms with van der Waals surface area (Å²) in [6.07, 6.45) is 2.04. The number of ether oxygens (including phenoxy) is 3. The van der Waals surface area contributed by atoms with Crippen molar-refractivity contribution < 1.29 is 28.2 Å². The smallest absolute Gasteiger partial charge is 0.410 e. The van der Waals surface area contributed by atoms with E-state index in [4.69, 9.17) is 14.2 Å². The first-order valence-electron chi connectivity index (χ1n) is 15.4. The van der Waals surface area contributed by atoms with E-state index in [1.807, 2.05) is 51.1 Å². The molecule has 1 saturated carbocycles. The second-order valence-corrected chi connectivity index (χ2v) is 13.0. The summed E-state index contributed by atoms with van der Waals surface area (Å²) in [5.74, 6) is 0.472. The monoisotopic (exact) mass is 616 g/mol. The summed E-state index contributed by atoms with van der Waals surface area (Å²) in [6.45, 7) is 9.61. The van der Waals surface area contributed by atoms with Crippen LogP contribution in [-0.4, -0.2) is 77.8 Å². The van der Waals surface area contributed by atoms with Crippen LogP contribution >= 0.6 is 0 Å². The van der Waals surface area contributed by atoms with Crippen LogP contribution < -0.4 is 20.3 Å². The van der Waals surface area contributed by atoms with Gasteiger partial charge >= 0.3 is 6.09 Å². The highest BCUT2D eigenvalue weighted by atomic mass is 19.1. The molecule has 2 saturated heterocycles. The molecule has 3 fully saturated rings. The van der Waals surface area contributed by atoms with Crippen molar-refractivity contribution in [1.82, 2.24) is 20.2 Å². The fourth-order valence-corrected chi connectivity index (χ4v) is 6.17. The first-order valence-corrected chi connectivity index (χ1v) is 15.4. The van der Waals surface area contributed by atoms with E-state index >= 15 is 4.39 Å². The summed E-state index contributed by atoms with van der Waals surface area (Å²) in [6, 6.07) is 11.5. The average molecular weight is 617 g/mol. The lowest BCUT2D eigenvalue weighted by Gasteiger charge is -2.37. The van der Waals surface area contributed by atoms with Crippen LogP contribution in [0, 0.1) is 5.82 Å². The van der Waals surface area contributed by atoms with Crippen LogP contribution in [0.5, 0.6) is 5.75 Å². The van der Waals surface area contributed by atoms with E-state index in [0.717, 1.165) is 29.4 Å². The lowest BCUT2D eigenvalue weighted by atomic mass is 9.99. The number of halogens is 1. The molecule has 2 unspecified atom stereocenters. The number of amides is 1. The summed E-state index contributed by atoms with van der Waals surface area (Å²) in [5, 5.41) is 6.58. The molecule has 7 rings (SSSR count). The van der Waals surface area contributed by atoms with Gasteiger partial charge in [-0.05, 0) is 56.2 Å². The summed E-state index contributed by atoms with van der Waals surface area (Å²) < 4.78 is 32.5. The molecule has 45 heavy (non-hydrogen) atoms. The van der Waals surface area contributed by atoms with Gasteiger partial charge in [-0.3, -0.25) is 10.1 Å². The van der Waals surface area contributed by atoms with Crippen LogP contribution in [0.4, 0.5) is 26.5 Å². The highest BCUT2D eigenvalue weighted by molar-refractivity contribution is 6.07. The van der Waals surface area contributed by atoms with Crippen LogP contribution in [-0.2, 0) is 26.4 Å². The van der Waals surface area contributed by atoms with E-state index in [1.54, 1.807) is 11.0 Å². The Balaban J connectivity index is 1.13. The molecule has 2 aromatic carbocycles. The maximum absolute atomic E-state index is 15.1. The number of rotatable bonds is 6. The molecule has 4 aliphatic rings. The van der Waals surface area contributed by atoms with Gasteiger partial charge in [-0.1, -0.05) is 12.1 Å². The maximum atomic E-state index is 15.1. The summed E-state index contributed by atoms with van der Waals surface area (Å²) >= 11 is 0. The second kappa shape index (κ2) is 11.3. The minimum atomic E-state index is -0.557. The standard InChI is InChI=1S/C33H37FN6O5/c1-32(2,3)45-31(42)40-11-9-39(10-12-40)22-5-7-27(44-23-8-13-43-19-23)26(15-22)37-30-35-18-25(34)29(38-30)20-4-6-24-21(14-20)17-36-33(24)16-28(33)41/h4-7,14-15,18,23,36H,8-13,16-17,19H2,1-3H3,(H,35,37,38). The molecule has 0 radical (unpaired) electrons. The Morgan fingerprint density at radius 3 is 2.67 bits per heavy atom. The van der Waals surface area contributed by atoms with Crippen LogP contribution in [0.1, 0.15) is 44.7 Å². The fourth-order valence-electron chi connectivity index (χ4n) is 6.17. The zero-order chi connectivity index (χ0) is 31.3. The lowest BCUT2D eigenvalue weighted by molar-refractivity contribution is -0.111. The quantitative estimate of drug-likeness (QED) is 0.409. The molecule has 2 atom stereocenters. The Bertz CT molecular complexity index is 1650. The number of carbonyl (C=O) groups excluding carboxylic acids is 2. The number of nitrogens with one attached hydrogen (secondary N) is 2. The molecule has 1 aliphatic carbocycles.